The molecule has 5 heteroatoms. The van der Waals surface area contributed by atoms with Gasteiger partial charge in [0.25, 0.3) is 0 Å². The lowest BCUT2D eigenvalue weighted by Gasteiger charge is -2.35. The number of carboxylic acid groups (broad SMARTS) is 1. The SMILES string of the molecule is Cn1nc(CNC2CC(CCC(=O)O)C2)c2ccccc21. The number of aryl methyl sites for hydroxylation is 1. The highest BCUT2D eigenvalue weighted by Gasteiger charge is 2.28. The summed E-state index contributed by atoms with van der Waals surface area (Å²) in [4.78, 5) is 10.5. The van der Waals surface area contributed by atoms with E-state index in [1.54, 1.807) is 0 Å². The maximum Gasteiger partial charge on any atom is 0.303 e. The number of hydrogen-bond donors (Lipinski definition) is 2. The van der Waals surface area contributed by atoms with Crippen LogP contribution in [0.25, 0.3) is 10.9 Å². The molecule has 112 valence electrons. The van der Waals surface area contributed by atoms with E-state index in [-0.39, 0.29) is 0 Å². The Morgan fingerprint density at radius 1 is 1.43 bits per heavy atom. The molecule has 0 saturated heterocycles. The summed E-state index contributed by atoms with van der Waals surface area (Å²) in [5.74, 6) is -0.120. The fraction of sp³-hybridized carbons (Fsp3) is 0.500. The van der Waals surface area contributed by atoms with Crippen molar-refractivity contribution in [1.82, 2.24) is 15.1 Å². The first-order valence-corrected chi connectivity index (χ1v) is 7.49. The summed E-state index contributed by atoms with van der Waals surface area (Å²) in [6.07, 6.45) is 3.26. The number of aromatic nitrogens is 2. The van der Waals surface area contributed by atoms with Crippen molar-refractivity contribution in [1.29, 1.82) is 0 Å². The molecule has 0 spiro atoms. The molecule has 5 nitrogen and oxygen atoms in total. The molecule has 1 aliphatic carbocycles. The smallest absolute Gasteiger partial charge is 0.303 e. The molecule has 1 aromatic carbocycles. The van der Waals surface area contributed by atoms with Crippen molar-refractivity contribution in [2.75, 3.05) is 0 Å². The van der Waals surface area contributed by atoms with Gasteiger partial charge in [0.2, 0.25) is 0 Å². The van der Waals surface area contributed by atoms with E-state index in [0.29, 0.717) is 18.4 Å². The standard InChI is InChI=1S/C16H21N3O2/c1-19-15-5-3-2-4-13(15)14(18-19)10-17-12-8-11(9-12)6-7-16(20)21/h2-5,11-12,17H,6-10H2,1H3,(H,20,21). The normalized spacial score (nSPS) is 21.4. The van der Waals surface area contributed by atoms with Gasteiger partial charge < -0.3 is 10.4 Å². The summed E-state index contributed by atoms with van der Waals surface area (Å²) in [5.41, 5.74) is 2.24. The molecular formula is C16H21N3O2. The third-order valence-corrected chi connectivity index (χ3v) is 4.39. The monoisotopic (exact) mass is 287 g/mol. The van der Waals surface area contributed by atoms with Gasteiger partial charge in [0.05, 0.1) is 11.2 Å². The molecule has 21 heavy (non-hydrogen) atoms. The van der Waals surface area contributed by atoms with Crippen molar-refractivity contribution >= 4 is 16.9 Å². The van der Waals surface area contributed by atoms with Crippen molar-refractivity contribution in [3.8, 4) is 0 Å². The number of benzene rings is 1. The van der Waals surface area contributed by atoms with Crippen LogP contribution in [0.1, 0.15) is 31.4 Å². The van der Waals surface area contributed by atoms with E-state index in [1.807, 2.05) is 23.9 Å². The maximum absolute atomic E-state index is 10.5. The Morgan fingerprint density at radius 2 is 2.19 bits per heavy atom. The molecule has 0 bridgehead atoms. The van der Waals surface area contributed by atoms with Crippen LogP contribution in [0.5, 0.6) is 0 Å². The van der Waals surface area contributed by atoms with Crippen LogP contribution < -0.4 is 5.32 Å². The number of fused-ring (bicyclic) bond motifs is 1. The number of carboxylic acids is 1. The van der Waals surface area contributed by atoms with E-state index < -0.39 is 5.97 Å². The Balaban J connectivity index is 1.51. The molecule has 1 heterocycles. The zero-order valence-electron chi connectivity index (χ0n) is 12.2. The van der Waals surface area contributed by atoms with Gasteiger partial charge in [-0.1, -0.05) is 18.2 Å². The Kier molecular flexibility index (Phi) is 3.92. The Morgan fingerprint density at radius 3 is 2.95 bits per heavy atom. The minimum Gasteiger partial charge on any atom is -0.481 e. The summed E-state index contributed by atoms with van der Waals surface area (Å²) in [6, 6.07) is 8.76. The summed E-state index contributed by atoms with van der Waals surface area (Å²) >= 11 is 0. The van der Waals surface area contributed by atoms with Gasteiger partial charge in [0.1, 0.15) is 0 Å². The predicted octanol–water partition coefficient (Wildman–Crippen LogP) is 2.31. The van der Waals surface area contributed by atoms with E-state index >= 15 is 0 Å². The quantitative estimate of drug-likeness (QED) is 0.855. The van der Waals surface area contributed by atoms with Crippen molar-refractivity contribution in [3.05, 3.63) is 30.0 Å². The number of hydrogen-bond acceptors (Lipinski definition) is 3. The van der Waals surface area contributed by atoms with E-state index in [2.05, 4.69) is 22.5 Å². The summed E-state index contributed by atoms with van der Waals surface area (Å²) in [6.45, 7) is 0.775. The highest BCUT2D eigenvalue weighted by molar-refractivity contribution is 5.81. The first kappa shape index (κ1) is 14.1. The van der Waals surface area contributed by atoms with Gasteiger partial charge in [0.15, 0.2) is 0 Å². The van der Waals surface area contributed by atoms with Crippen LogP contribution in [0.3, 0.4) is 0 Å². The minimum absolute atomic E-state index is 0.294. The lowest BCUT2D eigenvalue weighted by atomic mass is 9.77. The van der Waals surface area contributed by atoms with Crippen LogP contribution in [0, 0.1) is 5.92 Å². The van der Waals surface area contributed by atoms with Crippen molar-refractivity contribution in [2.45, 2.75) is 38.3 Å². The van der Waals surface area contributed by atoms with Gasteiger partial charge in [-0.05, 0) is 31.2 Å². The fourth-order valence-electron chi connectivity index (χ4n) is 3.13. The largest absolute Gasteiger partial charge is 0.481 e. The zero-order chi connectivity index (χ0) is 14.8. The van der Waals surface area contributed by atoms with Gasteiger partial charge in [-0.15, -0.1) is 0 Å². The molecule has 1 saturated carbocycles. The number of carbonyl (C=O) groups is 1. The minimum atomic E-state index is -0.689. The highest BCUT2D eigenvalue weighted by atomic mass is 16.4. The molecule has 0 unspecified atom stereocenters. The highest BCUT2D eigenvalue weighted by Crippen LogP contribution is 2.31. The van der Waals surface area contributed by atoms with Crippen LogP contribution in [0.2, 0.25) is 0 Å². The number of aliphatic carboxylic acids is 1. The predicted molar refractivity (Wildman–Crippen MR) is 80.9 cm³/mol. The van der Waals surface area contributed by atoms with E-state index in [4.69, 9.17) is 5.11 Å². The van der Waals surface area contributed by atoms with Crippen LogP contribution in [-0.4, -0.2) is 26.9 Å². The van der Waals surface area contributed by atoms with E-state index in [0.717, 1.165) is 37.0 Å². The van der Waals surface area contributed by atoms with Crippen molar-refractivity contribution < 1.29 is 9.90 Å². The number of nitrogens with zero attached hydrogens (tertiary/aromatic N) is 2. The average Bonchev–Trinajstić information content (AvgIpc) is 2.74. The number of nitrogens with one attached hydrogen (secondary N) is 1. The molecule has 1 aliphatic rings. The van der Waals surface area contributed by atoms with Crippen LogP contribution >= 0.6 is 0 Å². The lowest BCUT2D eigenvalue weighted by Crippen LogP contribution is -2.41. The Labute approximate surface area is 124 Å². The second-order valence-electron chi connectivity index (χ2n) is 5.94. The van der Waals surface area contributed by atoms with Gasteiger partial charge >= 0.3 is 5.97 Å². The van der Waals surface area contributed by atoms with Gasteiger partial charge in [0, 0.05) is 31.4 Å². The molecule has 3 rings (SSSR count). The molecule has 0 radical (unpaired) electrons. The Hall–Kier alpha value is -1.88. The van der Waals surface area contributed by atoms with Crippen LogP contribution in [-0.2, 0) is 18.4 Å². The molecule has 0 aliphatic heterocycles. The molecule has 2 aromatic rings. The molecule has 0 amide bonds. The molecule has 2 N–H and O–H groups in total. The summed E-state index contributed by atoms with van der Waals surface area (Å²) in [5, 5.41) is 18.0. The molecule has 1 fully saturated rings. The lowest BCUT2D eigenvalue weighted by molar-refractivity contribution is -0.137. The number of para-hydroxylation sites is 1. The van der Waals surface area contributed by atoms with Gasteiger partial charge in [-0.25, -0.2) is 0 Å². The fourth-order valence-corrected chi connectivity index (χ4v) is 3.13. The van der Waals surface area contributed by atoms with E-state index in [1.165, 1.54) is 5.39 Å². The molecule has 0 atom stereocenters. The van der Waals surface area contributed by atoms with Crippen molar-refractivity contribution in [2.24, 2.45) is 13.0 Å². The van der Waals surface area contributed by atoms with Crippen LogP contribution in [0.4, 0.5) is 0 Å². The van der Waals surface area contributed by atoms with E-state index in [9.17, 15) is 4.79 Å². The second kappa shape index (κ2) is 5.85. The zero-order valence-corrected chi connectivity index (χ0v) is 12.2. The third kappa shape index (κ3) is 3.08. The molecular weight excluding hydrogens is 266 g/mol. The summed E-state index contributed by atoms with van der Waals surface area (Å²) < 4.78 is 1.92. The van der Waals surface area contributed by atoms with Gasteiger partial charge in [-0.3, -0.25) is 9.48 Å². The maximum atomic E-state index is 10.5. The molecule has 1 aromatic heterocycles. The van der Waals surface area contributed by atoms with Gasteiger partial charge in [-0.2, -0.15) is 5.10 Å². The van der Waals surface area contributed by atoms with Crippen molar-refractivity contribution in [3.63, 3.8) is 0 Å². The second-order valence-corrected chi connectivity index (χ2v) is 5.94. The average molecular weight is 287 g/mol. The Bertz CT molecular complexity index is 644. The van der Waals surface area contributed by atoms with Crippen LogP contribution in [0.15, 0.2) is 24.3 Å². The summed E-state index contributed by atoms with van der Waals surface area (Å²) in [7, 11) is 1.97. The first-order valence-electron chi connectivity index (χ1n) is 7.49. The number of rotatable bonds is 6. The first-order chi connectivity index (χ1) is 10.1. The topological polar surface area (TPSA) is 67.2 Å². The third-order valence-electron chi connectivity index (χ3n) is 4.39.